The SMILES string of the molecule is CC(=O)N(CCC(=O)N1CCOCC1)c1ccc(Br)c(C)c1. The van der Waals surface area contributed by atoms with Gasteiger partial charge in [0.05, 0.1) is 13.2 Å². The summed E-state index contributed by atoms with van der Waals surface area (Å²) in [6.07, 6.45) is 0.328. The van der Waals surface area contributed by atoms with Gasteiger partial charge in [-0.2, -0.15) is 0 Å². The van der Waals surface area contributed by atoms with Gasteiger partial charge in [0.1, 0.15) is 0 Å². The molecule has 5 nitrogen and oxygen atoms in total. The van der Waals surface area contributed by atoms with Gasteiger partial charge in [-0.15, -0.1) is 0 Å². The zero-order chi connectivity index (χ0) is 16.1. The molecule has 0 aromatic heterocycles. The molecule has 2 rings (SSSR count). The molecule has 120 valence electrons. The van der Waals surface area contributed by atoms with Gasteiger partial charge >= 0.3 is 0 Å². The van der Waals surface area contributed by atoms with Crippen molar-refractivity contribution in [1.82, 2.24) is 4.90 Å². The molecule has 1 fully saturated rings. The Morgan fingerprint density at radius 2 is 2.00 bits per heavy atom. The average molecular weight is 369 g/mol. The van der Waals surface area contributed by atoms with Gasteiger partial charge in [0.15, 0.2) is 0 Å². The summed E-state index contributed by atoms with van der Waals surface area (Å²) in [6.45, 7) is 6.35. The van der Waals surface area contributed by atoms with Crippen molar-refractivity contribution in [2.45, 2.75) is 20.3 Å². The fraction of sp³-hybridized carbons (Fsp3) is 0.500. The normalized spacial score (nSPS) is 14.8. The van der Waals surface area contributed by atoms with E-state index in [1.807, 2.05) is 25.1 Å². The number of halogens is 1. The minimum atomic E-state index is -0.0588. The second-order valence-electron chi connectivity index (χ2n) is 5.35. The highest BCUT2D eigenvalue weighted by atomic mass is 79.9. The van der Waals surface area contributed by atoms with Crippen molar-refractivity contribution in [3.63, 3.8) is 0 Å². The highest BCUT2D eigenvalue weighted by Crippen LogP contribution is 2.23. The Morgan fingerprint density at radius 3 is 2.59 bits per heavy atom. The molecule has 1 aliphatic heterocycles. The first-order valence-electron chi connectivity index (χ1n) is 7.39. The second kappa shape index (κ2) is 7.74. The van der Waals surface area contributed by atoms with Crippen LogP contribution in [-0.2, 0) is 14.3 Å². The van der Waals surface area contributed by atoms with Gasteiger partial charge in [-0.25, -0.2) is 0 Å². The molecule has 22 heavy (non-hydrogen) atoms. The summed E-state index contributed by atoms with van der Waals surface area (Å²) in [5.74, 6) is 0.0138. The lowest BCUT2D eigenvalue weighted by molar-refractivity contribution is -0.135. The smallest absolute Gasteiger partial charge is 0.224 e. The van der Waals surface area contributed by atoms with Gasteiger partial charge in [0, 0.05) is 43.1 Å². The van der Waals surface area contributed by atoms with Gasteiger partial charge in [-0.05, 0) is 30.7 Å². The molecule has 1 aromatic rings. The lowest BCUT2D eigenvalue weighted by atomic mass is 10.2. The lowest BCUT2D eigenvalue weighted by Crippen LogP contribution is -2.42. The summed E-state index contributed by atoms with van der Waals surface area (Å²) in [5.41, 5.74) is 1.88. The Kier molecular flexibility index (Phi) is 5.97. The number of hydrogen-bond acceptors (Lipinski definition) is 3. The number of carbonyl (C=O) groups is 2. The summed E-state index contributed by atoms with van der Waals surface area (Å²) >= 11 is 3.45. The molecule has 0 unspecified atom stereocenters. The van der Waals surface area contributed by atoms with Crippen LogP contribution in [0, 0.1) is 6.92 Å². The number of ether oxygens (including phenoxy) is 1. The Bertz CT molecular complexity index is 556. The number of rotatable bonds is 4. The first kappa shape index (κ1) is 17.0. The zero-order valence-corrected chi connectivity index (χ0v) is 14.6. The maximum Gasteiger partial charge on any atom is 0.224 e. The van der Waals surface area contributed by atoms with E-state index in [9.17, 15) is 9.59 Å². The van der Waals surface area contributed by atoms with E-state index in [-0.39, 0.29) is 11.8 Å². The van der Waals surface area contributed by atoms with E-state index >= 15 is 0 Å². The monoisotopic (exact) mass is 368 g/mol. The summed E-state index contributed by atoms with van der Waals surface area (Å²) < 4.78 is 6.25. The third kappa shape index (κ3) is 4.30. The summed E-state index contributed by atoms with van der Waals surface area (Å²) in [4.78, 5) is 27.6. The van der Waals surface area contributed by atoms with Crippen LogP contribution in [-0.4, -0.2) is 49.6 Å². The van der Waals surface area contributed by atoms with E-state index in [2.05, 4.69) is 15.9 Å². The molecule has 0 spiro atoms. The number of morpholine rings is 1. The van der Waals surface area contributed by atoms with E-state index in [4.69, 9.17) is 4.74 Å². The zero-order valence-electron chi connectivity index (χ0n) is 13.0. The van der Waals surface area contributed by atoms with Crippen molar-refractivity contribution >= 4 is 33.4 Å². The highest BCUT2D eigenvalue weighted by molar-refractivity contribution is 9.10. The molecule has 0 saturated carbocycles. The van der Waals surface area contributed by atoms with Gasteiger partial charge in [0.2, 0.25) is 11.8 Å². The van der Waals surface area contributed by atoms with E-state index in [0.717, 1.165) is 15.7 Å². The predicted octanol–water partition coefficient (Wildman–Crippen LogP) is 2.36. The van der Waals surface area contributed by atoms with Crippen LogP contribution in [0.25, 0.3) is 0 Å². The molecular formula is C16H21BrN2O3. The van der Waals surface area contributed by atoms with Crippen molar-refractivity contribution in [2.24, 2.45) is 0 Å². The van der Waals surface area contributed by atoms with Crippen LogP contribution in [0.1, 0.15) is 18.9 Å². The van der Waals surface area contributed by atoms with Crippen molar-refractivity contribution in [1.29, 1.82) is 0 Å². The Balaban J connectivity index is 2.01. The molecule has 0 radical (unpaired) electrons. The largest absolute Gasteiger partial charge is 0.378 e. The van der Waals surface area contributed by atoms with Crippen LogP contribution >= 0.6 is 15.9 Å². The van der Waals surface area contributed by atoms with Crippen LogP contribution in [0.3, 0.4) is 0 Å². The van der Waals surface area contributed by atoms with Crippen molar-refractivity contribution in [3.05, 3.63) is 28.2 Å². The second-order valence-corrected chi connectivity index (χ2v) is 6.20. The molecule has 0 aliphatic carbocycles. The molecule has 1 saturated heterocycles. The Hall–Kier alpha value is -1.40. The number of hydrogen-bond donors (Lipinski definition) is 0. The summed E-state index contributed by atoms with van der Waals surface area (Å²) in [7, 11) is 0. The van der Waals surface area contributed by atoms with Crippen molar-refractivity contribution in [2.75, 3.05) is 37.7 Å². The van der Waals surface area contributed by atoms with Crippen molar-refractivity contribution in [3.8, 4) is 0 Å². The molecule has 2 amide bonds. The van der Waals surface area contributed by atoms with Crippen LogP contribution < -0.4 is 4.90 Å². The van der Waals surface area contributed by atoms with E-state index < -0.39 is 0 Å². The van der Waals surface area contributed by atoms with Crippen LogP contribution in [0.2, 0.25) is 0 Å². The minimum Gasteiger partial charge on any atom is -0.378 e. The average Bonchev–Trinajstić information content (AvgIpc) is 2.51. The molecule has 1 aromatic carbocycles. The molecule has 1 aliphatic rings. The highest BCUT2D eigenvalue weighted by Gasteiger charge is 2.19. The number of anilines is 1. The molecule has 6 heteroatoms. The third-order valence-electron chi connectivity index (χ3n) is 3.75. The summed E-state index contributed by atoms with van der Waals surface area (Å²) in [5, 5.41) is 0. The van der Waals surface area contributed by atoms with Crippen LogP contribution in [0.15, 0.2) is 22.7 Å². The quantitative estimate of drug-likeness (QED) is 0.819. The number of amides is 2. The molecule has 0 bridgehead atoms. The molecule has 0 atom stereocenters. The molecule has 1 heterocycles. The fourth-order valence-electron chi connectivity index (χ4n) is 2.44. The van der Waals surface area contributed by atoms with Gasteiger partial charge in [-0.1, -0.05) is 15.9 Å². The number of benzene rings is 1. The predicted molar refractivity (Wildman–Crippen MR) is 88.9 cm³/mol. The van der Waals surface area contributed by atoms with Crippen LogP contribution in [0.4, 0.5) is 5.69 Å². The van der Waals surface area contributed by atoms with Gasteiger partial charge in [0.25, 0.3) is 0 Å². The third-order valence-corrected chi connectivity index (χ3v) is 4.64. The molecular weight excluding hydrogens is 348 g/mol. The Morgan fingerprint density at radius 1 is 1.32 bits per heavy atom. The maximum absolute atomic E-state index is 12.2. The van der Waals surface area contributed by atoms with Crippen molar-refractivity contribution < 1.29 is 14.3 Å². The number of aryl methyl sites for hydroxylation is 1. The van der Waals surface area contributed by atoms with E-state index in [0.29, 0.717) is 39.3 Å². The van der Waals surface area contributed by atoms with Gasteiger partial charge in [-0.3, -0.25) is 9.59 Å². The first-order valence-corrected chi connectivity index (χ1v) is 8.18. The maximum atomic E-state index is 12.2. The minimum absolute atomic E-state index is 0.0588. The molecule has 0 N–H and O–H groups in total. The van der Waals surface area contributed by atoms with Crippen LogP contribution in [0.5, 0.6) is 0 Å². The van der Waals surface area contributed by atoms with Gasteiger partial charge < -0.3 is 14.5 Å². The standard InChI is InChI=1S/C16H21BrN2O3/c1-12-11-14(3-4-15(12)17)19(13(2)20)6-5-16(21)18-7-9-22-10-8-18/h3-4,11H,5-10H2,1-2H3. The fourth-order valence-corrected chi connectivity index (χ4v) is 2.69. The first-order chi connectivity index (χ1) is 10.5. The number of nitrogens with zero attached hydrogens (tertiary/aromatic N) is 2. The van der Waals surface area contributed by atoms with E-state index in [1.54, 1.807) is 9.80 Å². The summed E-state index contributed by atoms with van der Waals surface area (Å²) in [6, 6.07) is 5.76. The Labute approximate surface area is 139 Å². The number of carbonyl (C=O) groups excluding carboxylic acids is 2. The topological polar surface area (TPSA) is 49.9 Å². The van der Waals surface area contributed by atoms with E-state index in [1.165, 1.54) is 6.92 Å². The lowest BCUT2D eigenvalue weighted by Gasteiger charge is -2.28.